The highest BCUT2D eigenvalue weighted by Gasteiger charge is 2.31. The van der Waals surface area contributed by atoms with Crippen LogP contribution in [0.25, 0.3) is 5.65 Å². The van der Waals surface area contributed by atoms with Gasteiger partial charge in [0.1, 0.15) is 18.2 Å². The summed E-state index contributed by atoms with van der Waals surface area (Å²) in [5, 5.41) is 8.01. The quantitative estimate of drug-likeness (QED) is 0.121. The molecule has 8 nitrogen and oxygen atoms in total. The zero-order valence-electron chi connectivity index (χ0n) is 22.3. The first kappa shape index (κ1) is 28.0. The normalized spacial score (nSPS) is 12.6. The van der Waals surface area contributed by atoms with Crippen LogP contribution in [-0.4, -0.2) is 46.4 Å². The van der Waals surface area contributed by atoms with Gasteiger partial charge in [0.15, 0.2) is 5.69 Å². The monoisotopic (exact) mass is 601 g/mol. The molecule has 4 aromatic rings. The van der Waals surface area contributed by atoms with Crippen LogP contribution in [-0.2, 0) is 16.2 Å². The maximum Gasteiger partial charge on any atom is 0.359 e. The Morgan fingerprint density at radius 2 is 2.00 bits per heavy atom. The van der Waals surface area contributed by atoms with Gasteiger partial charge in [-0.3, -0.25) is 0 Å². The number of rotatable bonds is 11. The fourth-order valence-corrected chi connectivity index (χ4v) is 5.21. The van der Waals surface area contributed by atoms with Gasteiger partial charge in [-0.2, -0.15) is 5.10 Å². The number of halogens is 2. The summed E-state index contributed by atoms with van der Waals surface area (Å²) in [7, 11) is -1.27. The maximum absolute atomic E-state index is 15.4. The molecule has 0 aliphatic heterocycles. The van der Waals surface area contributed by atoms with Crippen LogP contribution >= 0.6 is 15.9 Å². The SMILES string of the molecule is CCOC(=O)c1nn(COCC[Si](C)(C)C)c(C)c1C(Nc1ccn2ccnc2c1)c1ccc(Br)cc1F. The van der Waals surface area contributed by atoms with E-state index in [0.29, 0.717) is 33.6 Å². The molecule has 11 heteroatoms. The molecule has 0 radical (unpaired) electrons. The number of pyridine rings is 1. The lowest BCUT2D eigenvalue weighted by Crippen LogP contribution is -2.22. The summed E-state index contributed by atoms with van der Waals surface area (Å²) in [6.07, 6.45) is 5.43. The van der Waals surface area contributed by atoms with Gasteiger partial charge in [-0.05, 0) is 38.1 Å². The van der Waals surface area contributed by atoms with Crippen molar-refractivity contribution >= 4 is 41.3 Å². The Labute approximate surface area is 231 Å². The van der Waals surface area contributed by atoms with Crippen LogP contribution in [0.1, 0.15) is 40.3 Å². The molecule has 3 heterocycles. The Hall–Kier alpha value is -3.02. The minimum Gasteiger partial charge on any atom is -0.461 e. The summed E-state index contributed by atoms with van der Waals surface area (Å²) in [6, 6.07) is 8.89. The standard InChI is InChI=1S/C27H33BrFN5O3Si/c1-6-37-27(35)26-24(18(2)34(32-26)17-36-13-14-38(3,4)5)25(21-8-7-19(28)15-22(21)29)31-20-9-11-33-12-10-30-23(33)16-20/h7-12,15-16,25,31H,6,13-14,17H2,1-5H3. The number of benzene rings is 1. The van der Waals surface area contributed by atoms with Crippen LogP contribution in [0.5, 0.6) is 0 Å². The van der Waals surface area contributed by atoms with E-state index in [-0.39, 0.29) is 19.0 Å². The number of ether oxygens (including phenoxy) is 2. The third-order valence-corrected chi connectivity index (χ3v) is 8.40. The number of fused-ring (bicyclic) bond motifs is 1. The van der Waals surface area contributed by atoms with E-state index in [1.807, 2.05) is 35.9 Å². The fraction of sp³-hybridized carbons (Fsp3) is 0.370. The predicted molar refractivity (Wildman–Crippen MR) is 152 cm³/mol. The van der Waals surface area contributed by atoms with Crippen LogP contribution in [0.3, 0.4) is 0 Å². The van der Waals surface area contributed by atoms with Crippen LogP contribution in [0.4, 0.5) is 10.1 Å². The van der Waals surface area contributed by atoms with E-state index >= 15 is 4.39 Å². The number of hydrogen-bond donors (Lipinski definition) is 1. The van der Waals surface area contributed by atoms with Gasteiger partial charge in [-0.1, -0.05) is 41.6 Å². The third kappa shape index (κ3) is 6.51. The van der Waals surface area contributed by atoms with Gasteiger partial charge in [0.05, 0.1) is 12.6 Å². The molecule has 1 N–H and O–H groups in total. The average molecular weight is 603 g/mol. The number of esters is 1. The predicted octanol–water partition coefficient (Wildman–Crippen LogP) is 6.43. The Bertz CT molecular complexity index is 1430. The smallest absolute Gasteiger partial charge is 0.359 e. The summed E-state index contributed by atoms with van der Waals surface area (Å²) in [6.45, 7) is 11.4. The van der Waals surface area contributed by atoms with Gasteiger partial charge in [0, 0.05) is 66.3 Å². The number of anilines is 1. The second-order valence-electron chi connectivity index (χ2n) is 10.3. The summed E-state index contributed by atoms with van der Waals surface area (Å²) in [5.74, 6) is -0.994. The molecule has 202 valence electrons. The van der Waals surface area contributed by atoms with Crippen molar-refractivity contribution in [3.63, 3.8) is 0 Å². The Kier molecular flexibility index (Phi) is 8.69. The summed E-state index contributed by atoms with van der Waals surface area (Å²) in [5.41, 5.74) is 3.15. The molecule has 1 unspecified atom stereocenters. The molecule has 0 aliphatic carbocycles. The summed E-state index contributed by atoms with van der Waals surface area (Å²) in [4.78, 5) is 17.4. The molecule has 0 aliphatic rings. The number of hydrogen-bond acceptors (Lipinski definition) is 6. The van der Waals surface area contributed by atoms with Gasteiger partial charge >= 0.3 is 5.97 Å². The Morgan fingerprint density at radius 1 is 1.21 bits per heavy atom. The van der Waals surface area contributed by atoms with Crippen molar-refractivity contribution in [2.24, 2.45) is 0 Å². The third-order valence-electron chi connectivity index (χ3n) is 6.20. The minimum atomic E-state index is -1.27. The van der Waals surface area contributed by atoms with Crippen molar-refractivity contribution in [2.75, 3.05) is 18.5 Å². The average Bonchev–Trinajstić information content (AvgIpc) is 3.44. The van der Waals surface area contributed by atoms with E-state index < -0.39 is 25.9 Å². The van der Waals surface area contributed by atoms with E-state index in [0.717, 1.165) is 11.7 Å². The topological polar surface area (TPSA) is 82.7 Å². The van der Waals surface area contributed by atoms with Gasteiger partial charge in [-0.15, -0.1) is 0 Å². The molecule has 4 rings (SSSR count). The number of imidazole rings is 1. The number of aromatic nitrogens is 4. The lowest BCUT2D eigenvalue weighted by Gasteiger charge is -2.22. The van der Waals surface area contributed by atoms with Crippen LogP contribution in [0, 0.1) is 12.7 Å². The molecule has 0 fully saturated rings. The van der Waals surface area contributed by atoms with E-state index in [9.17, 15) is 4.79 Å². The number of carbonyl (C=O) groups is 1. The van der Waals surface area contributed by atoms with Crippen molar-refractivity contribution in [1.82, 2.24) is 19.2 Å². The fourth-order valence-electron chi connectivity index (χ4n) is 4.12. The molecule has 3 aromatic heterocycles. The Morgan fingerprint density at radius 3 is 2.71 bits per heavy atom. The van der Waals surface area contributed by atoms with Crippen molar-refractivity contribution in [1.29, 1.82) is 0 Å². The van der Waals surface area contributed by atoms with E-state index in [1.54, 1.807) is 29.9 Å². The van der Waals surface area contributed by atoms with E-state index in [2.05, 4.69) is 51.0 Å². The first-order chi connectivity index (χ1) is 18.1. The highest BCUT2D eigenvalue weighted by atomic mass is 79.9. The molecular weight excluding hydrogens is 569 g/mol. The van der Waals surface area contributed by atoms with E-state index in [1.165, 1.54) is 6.07 Å². The highest BCUT2D eigenvalue weighted by molar-refractivity contribution is 9.10. The van der Waals surface area contributed by atoms with Crippen molar-refractivity contribution in [3.05, 3.63) is 81.7 Å². The highest BCUT2D eigenvalue weighted by Crippen LogP contribution is 2.34. The minimum absolute atomic E-state index is 0.125. The van der Waals surface area contributed by atoms with Crippen LogP contribution in [0.15, 0.2) is 53.4 Å². The van der Waals surface area contributed by atoms with Gasteiger partial charge in [0.25, 0.3) is 0 Å². The molecule has 0 spiro atoms. The molecule has 0 saturated carbocycles. The zero-order valence-corrected chi connectivity index (χ0v) is 24.9. The lowest BCUT2D eigenvalue weighted by atomic mass is 9.95. The van der Waals surface area contributed by atoms with E-state index in [4.69, 9.17) is 9.47 Å². The molecule has 1 atom stereocenters. The number of nitrogens with zero attached hydrogens (tertiary/aromatic N) is 4. The van der Waals surface area contributed by atoms with Crippen molar-refractivity contribution < 1.29 is 18.7 Å². The molecule has 1 aromatic carbocycles. The first-order valence-corrected chi connectivity index (χ1v) is 17.0. The largest absolute Gasteiger partial charge is 0.461 e. The number of carbonyl (C=O) groups excluding carboxylic acids is 1. The summed E-state index contributed by atoms with van der Waals surface area (Å²) < 4.78 is 30.9. The molecular formula is C27H33BrFN5O3Si. The van der Waals surface area contributed by atoms with Crippen LogP contribution in [0.2, 0.25) is 25.7 Å². The van der Waals surface area contributed by atoms with Crippen molar-refractivity contribution in [3.8, 4) is 0 Å². The zero-order chi connectivity index (χ0) is 27.4. The van der Waals surface area contributed by atoms with Gasteiger partial charge in [-0.25, -0.2) is 18.9 Å². The van der Waals surface area contributed by atoms with Gasteiger partial charge in [0.2, 0.25) is 0 Å². The van der Waals surface area contributed by atoms with Crippen molar-refractivity contribution in [2.45, 2.75) is 52.3 Å². The van der Waals surface area contributed by atoms with Gasteiger partial charge < -0.3 is 19.2 Å². The number of nitrogens with one attached hydrogen (secondary N) is 1. The molecule has 0 bridgehead atoms. The lowest BCUT2D eigenvalue weighted by molar-refractivity contribution is 0.0509. The molecule has 0 amide bonds. The summed E-state index contributed by atoms with van der Waals surface area (Å²) >= 11 is 3.34. The Balaban J connectivity index is 1.78. The van der Waals surface area contributed by atoms with Crippen LogP contribution < -0.4 is 5.32 Å². The molecule has 0 saturated heterocycles. The first-order valence-electron chi connectivity index (χ1n) is 12.5. The second-order valence-corrected chi connectivity index (χ2v) is 16.8. The molecule has 38 heavy (non-hydrogen) atoms. The second kappa shape index (κ2) is 11.8. The maximum atomic E-state index is 15.4.